The minimum atomic E-state index is 0.224. The van der Waals surface area contributed by atoms with Crippen LogP contribution < -0.4 is 0 Å². The number of benzene rings is 1. The zero-order valence-corrected chi connectivity index (χ0v) is 11.3. The van der Waals surface area contributed by atoms with Gasteiger partial charge in [0.2, 0.25) is 0 Å². The molecule has 0 radical (unpaired) electrons. The normalized spacial score (nSPS) is 11.1. The molecule has 1 aromatic heterocycles. The summed E-state index contributed by atoms with van der Waals surface area (Å²) in [6.07, 6.45) is 0. The minimum absolute atomic E-state index is 0.224. The molecule has 0 aliphatic heterocycles. The molecule has 1 heterocycles. The summed E-state index contributed by atoms with van der Waals surface area (Å²) in [5.74, 6) is 0.371. The van der Waals surface area contributed by atoms with Crippen molar-refractivity contribution in [2.24, 2.45) is 0 Å². The summed E-state index contributed by atoms with van der Waals surface area (Å²) in [5, 5.41) is 5.18. The molecule has 0 N–H and O–H groups in total. The average Bonchev–Trinajstić information content (AvgIpc) is 2.67. The van der Waals surface area contributed by atoms with Crippen LogP contribution in [0.4, 0.5) is 0 Å². The molecule has 4 heteroatoms. The lowest BCUT2D eigenvalue weighted by atomic mass is 10.1. The van der Waals surface area contributed by atoms with Crippen LogP contribution in [0.1, 0.15) is 25.5 Å². The number of aromatic nitrogens is 2. The first-order valence-electron chi connectivity index (χ1n) is 5.53. The van der Waals surface area contributed by atoms with Crippen molar-refractivity contribution in [3.63, 3.8) is 0 Å². The van der Waals surface area contributed by atoms with Gasteiger partial charge in [-0.15, -0.1) is 11.6 Å². The molecule has 2 aromatic rings. The van der Waals surface area contributed by atoms with Crippen molar-refractivity contribution >= 4 is 23.2 Å². The number of rotatable bonds is 3. The molecule has 0 aliphatic carbocycles. The first-order valence-corrected chi connectivity index (χ1v) is 6.44. The molecule has 0 amide bonds. The van der Waals surface area contributed by atoms with Crippen LogP contribution in [0.25, 0.3) is 11.3 Å². The van der Waals surface area contributed by atoms with Gasteiger partial charge in [-0.05, 0) is 13.8 Å². The lowest BCUT2D eigenvalue weighted by Crippen LogP contribution is -2.02. The van der Waals surface area contributed by atoms with Crippen molar-refractivity contribution in [2.75, 3.05) is 0 Å². The zero-order valence-electron chi connectivity index (χ0n) is 9.82. The van der Waals surface area contributed by atoms with E-state index < -0.39 is 0 Å². The van der Waals surface area contributed by atoms with Gasteiger partial charge in [0, 0.05) is 17.2 Å². The minimum Gasteiger partial charge on any atom is -0.251 e. The zero-order chi connectivity index (χ0) is 12.4. The van der Waals surface area contributed by atoms with Gasteiger partial charge in [0.25, 0.3) is 0 Å². The number of hydrogen-bond donors (Lipinski definition) is 0. The molecule has 2 rings (SSSR count). The molecule has 0 spiro atoms. The Kier molecular flexibility index (Phi) is 3.75. The molecule has 2 nitrogen and oxygen atoms in total. The Balaban J connectivity index is 2.58. The predicted octanol–water partition coefficient (Wildman–Crippen LogP) is 4.52. The molecule has 1 aromatic carbocycles. The second-order valence-corrected chi connectivity index (χ2v) is 4.78. The summed E-state index contributed by atoms with van der Waals surface area (Å²) in [6.45, 7) is 4.09. The monoisotopic (exact) mass is 268 g/mol. The van der Waals surface area contributed by atoms with E-state index in [1.807, 2.05) is 48.9 Å². The van der Waals surface area contributed by atoms with E-state index in [-0.39, 0.29) is 6.04 Å². The van der Waals surface area contributed by atoms with Crippen molar-refractivity contribution in [2.45, 2.75) is 25.8 Å². The molecular formula is C13H14Cl2N2. The summed E-state index contributed by atoms with van der Waals surface area (Å²) in [7, 11) is 0. The molecule has 0 unspecified atom stereocenters. The topological polar surface area (TPSA) is 17.8 Å². The third kappa shape index (κ3) is 2.33. The van der Waals surface area contributed by atoms with Gasteiger partial charge < -0.3 is 0 Å². The first-order chi connectivity index (χ1) is 8.15. The third-order valence-electron chi connectivity index (χ3n) is 2.61. The second kappa shape index (κ2) is 5.11. The summed E-state index contributed by atoms with van der Waals surface area (Å²) >= 11 is 12.3. The summed E-state index contributed by atoms with van der Waals surface area (Å²) in [4.78, 5) is 0. The predicted molar refractivity (Wildman–Crippen MR) is 72.6 cm³/mol. The Labute approximate surface area is 111 Å². The first kappa shape index (κ1) is 12.5. The van der Waals surface area contributed by atoms with Crippen LogP contribution in [0.2, 0.25) is 5.15 Å². The standard InChI is InChI=1S/C13H14Cl2N2/c1-9(2)17-13(15)11(8-14)12(16-17)10-6-4-3-5-7-10/h3-7,9H,8H2,1-2H3. The maximum Gasteiger partial charge on any atom is 0.132 e. The number of nitrogens with zero attached hydrogens (tertiary/aromatic N) is 2. The smallest absolute Gasteiger partial charge is 0.132 e. The van der Waals surface area contributed by atoms with Gasteiger partial charge in [0.15, 0.2) is 0 Å². The highest BCUT2D eigenvalue weighted by atomic mass is 35.5. The molecule has 0 atom stereocenters. The van der Waals surface area contributed by atoms with Gasteiger partial charge in [-0.2, -0.15) is 5.10 Å². The van der Waals surface area contributed by atoms with E-state index in [1.165, 1.54) is 0 Å². The molecule has 90 valence electrons. The van der Waals surface area contributed by atoms with Crippen LogP contribution in [0.5, 0.6) is 0 Å². The molecule has 0 saturated heterocycles. The van der Waals surface area contributed by atoms with Gasteiger partial charge in [0.05, 0.1) is 11.6 Å². The van der Waals surface area contributed by atoms with Crippen LogP contribution in [-0.4, -0.2) is 9.78 Å². The van der Waals surface area contributed by atoms with Crippen LogP contribution in [-0.2, 0) is 5.88 Å². The molecular weight excluding hydrogens is 255 g/mol. The molecule has 0 saturated carbocycles. The van der Waals surface area contributed by atoms with Crippen molar-refractivity contribution in [1.29, 1.82) is 0 Å². The van der Waals surface area contributed by atoms with Gasteiger partial charge >= 0.3 is 0 Å². The van der Waals surface area contributed by atoms with E-state index in [1.54, 1.807) is 0 Å². The fraction of sp³-hybridized carbons (Fsp3) is 0.308. The maximum absolute atomic E-state index is 6.29. The second-order valence-electron chi connectivity index (χ2n) is 4.16. The van der Waals surface area contributed by atoms with E-state index in [2.05, 4.69) is 5.10 Å². The quantitative estimate of drug-likeness (QED) is 0.749. The highest BCUT2D eigenvalue weighted by molar-refractivity contribution is 6.31. The summed E-state index contributed by atoms with van der Waals surface area (Å²) in [6, 6.07) is 10.2. The van der Waals surface area contributed by atoms with Crippen molar-refractivity contribution < 1.29 is 0 Å². The SMILES string of the molecule is CC(C)n1nc(-c2ccccc2)c(CCl)c1Cl. The molecule has 0 fully saturated rings. The lowest BCUT2D eigenvalue weighted by Gasteiger charge is -2.05. The molecule has 0 aliphatic rings. The highest BCUT2D eigenvalue weighted by Crippen LogP contribution is 2.31. The number of halogens is 2. The molecule has 17 heavy (non-hydrogen) atoms. The summed E-state index contributed by atoms with van der Waals surface area (Å²) < 4.78 is 1.81. The van der Waals surface area contributed by atoms with E-state index in [0.717, 1.165) is 16.8 Å². The van der Waals surface area contributed by atoms with Crippen molar-refractivity contribution in [3.8, 4) is 11.3 Å². The van der Waals surface area contributed by atoms with E-state index in [9.17, 15) is 0 Å². The van der Waals surface area contributed by atoms with E-state index in [4.69, 9.17) is 23.2 Å². The van der Waals surface area contributed by atoms with Crippen molar-refractivity contribution in [3.05, 3.63) is 41.0 Å². The Bertz CT molecular complexity index is 504. The van der Waals surface area contributed by atoms with Gasteiger partial charge in [-0.3, -0.25) is 4.68 Å². The number of hydrogen-bond acceptors (Lipinski definition) is 1. The number of alkyl halides is 1. The summed E-state index contributed by atoms with van der Waals surface area (Å²) in [5.41, 5.74) is 2.82. The Morgan fingerprint density at radius 3 is 2.41 bits per heavy atom. The van der Waals surface area contributed by atoms with Gasteiger partial charge in [-0.1, -0.05) is 41.9 Å². The Morgan fingerprint density at radius 2 is 1.88 bits per heavy atom. The average molecular weight is 269 g/mol. The van der Waals surface area contributed by atoms with Gasteiger partial charge in [0.1, 0.15) is 5.15 Å². The fourth-order valence-corrected chi connectivity index (χ4v) is 2.45. The largest absolute Gasteiger partial charge is 0.251 e. The van der Waals surface area contributed by atoms with Gasteiger partial charge in [-0.25, -0.2) is 0 Å². The Hall–Kier alpha value is -0.990. The van der Waals surface area contributed by atoms with Crippen LogP contribution in [0.3, 0.4) is 0 Å². The maximum atomic E-state index is 6.29. The van der Waals surface area contributed by atoms with Crippen LogP contribution >= 0.6 is 23.2 Å². The van der Waals surface area contributed by atoms with Crippen molar-refractivity contribution in [1.82, 2.24) is 9.78 Å². The highest BCUT2D eigenvalue weighted by Gasteiger charge is 2.18. The fourth-order valence-electron chi connectivity index (χ4n) is 1.74. The molecule has 0 bridgehead atoms. The van der Waals surface area contributed by atoms with Crippen LogP contribution in [0, 0.1) is 0 Å². The van der Waals surface area contributed by atoms with E-state index in [0.29, 0.717) is 11.0 Å². The third-order valence-corrected chi connectivity index (χ3v) is 3.28. The lowest BCUT2D eigenvalue weighted by molar-refractivity contribution is 0.534. The van der Waals surface area contributed by atoms with Crippen LogP contribution in [0.15, 0.2) is 30.3 Å². The Morgan fingerprint density at radius 1 is 1.24 bits per heavy atom. The van der Waals surface area contributed by atoms with E-state index >= 15 is 0 Å².